The largest absolute Gasteiger partial charge is 0.478 e. The van der Waals surface area contributed by atoms with E-state index in [4.69, 9.17) is 10.2 Å². The monoisotopic (exact) mass is 333 g/mol. The van der Waals surface area contributed by atoms with Gasteiger partial charge < -0.3 is 20.6 Å². The number of carbonyl (C=O) groups is 2. The molecule has 6 nitrogen and oxygen atoms in total. The molecular formula is C16H15NO5S. The number of hydrogen-bond acceptors (Lipinski definition) is 5. The molecule has 0 radical (unpaired) electrons. The molecular weight excluding hydrogens is 318 g/mol. The Labute approximate surface area is 136 Å². The van der Waals surface area contributed by atoms with Gasteiger partial charge in [-0.2, -0.15) is 0 Å². The SMILES string of the molecule is O=C(O)c1ccc(C(=O)O)c(Sc2ccc(NCCO)cc2)c1. The molecule has 0 unspecified atom stereocenters. The smallest absolute Gasteiger partial charge is 0.336 e. The van der Waals surface area contributed by atoms with Crippen LogP contribution in [0.4, 0.5) is 5.69 Å². The fraction of sp³-hybridized carbons (Fsp3) is 0.125. The third-order valence-corrected chi connectivity index (χ3v) is 4.05. The van der Waals surface area contributed by atoms with E-state index in [1.165, 1.54) is 30.0 Å². The number of aliphatic hydroxyl groups excluding tert-OH is 1. The summed E-state index contributed by atoms with van der Waals surface area (Å²) in [7, 11) is 0. The van der Waals surface area contributed by atoms with Crippen molar-refractivity contribution >= 4 is 29.4 Å². The van der Waals surface area contributed by atoms with E-state index in [2.05, 4.69) is 5.32 Å². The van der Waals surface area contributed by atoms with Gasteiger partial charge >= 0.3 is 11.9 Å². The van der Waals surface area contributed by atoms with Gasteiger partial charge in [0.15, 0.2) is 0 Å². The molecule has 0 aliphatic carbocycles. The first kappa shape index (κ1) is 16.9. The second kappa shape index (κ2) is 7.66. The Morgan fingerprint density at radius 2 is 1.70 bits per heavy atom. The van der Waals surface area contributed by atoms with E-state index in [-0.39, 0.29) is 17.7 Å². The van der Waals surface area contributed by atoms with Crippen molar-refractivity contribution in [3.05, 3.63) is 53.6 Å². The number of aromatic carboxylic acids is 2. The molecule has 0 aliphatic rings. The zero-order valence-electron chi connectivity index (χ0n) is 12.0. The van der Waals surface area contributed by atoms with Crippen molar-refractivity contribution < 1.29 is 24.9 Å². The summed E-state index contributed by atoms with van der Waals surface area (Å²) in [6.45, 7) is 0.469. The summed E-state index contributed by atoms with van der Waals surface area (Å²) in [5, 5.41) is 30.0. The number of hydrogen-bond donors (Lipinski definition) is 4. The highest BCUT2D eigenvalue weighted by atomic mass is 32.2. The van der Waals surface area contributed by atoms with Gasteiger partial charge in [0.25, 0.3) is 0 Å². The molecule has 120 valence electrons. The highest BCUT2D eigenvalue weighted by Crippen LogP contribution is 2.32. The third-order valence-electron chi connectivity index (χ3n) is 2.98. The predicted molar refractivity (Wildman–Crippen MR) is 86.5 cm³/mol. The summed E-state index contributed by atoms with van der Waals surface area (Å²) in [6.07, 6.45) is 0. The van der Waals surface area contributed by atoms with E-state index >= 15 is 0 Å². The molecule has 0 spiro atoms. The van der Waals surface area contributed by atoms with E-state index in [0.29, 0.717) is 11.4 Å². The van der Waals surface area contributed by atoms with Crippen molar-refractivity contribution in [3.63, 3.8) is 0 Å². The Hall–Kier alpha value is -2.51. The van der Waals surface area contributed by atoms with E-state index in [0.717, 1.165) is 10.6 Å². The predicted octanol–water partition coefficient (Wildman–Crippen LogP) is 2.64. The van der Waals surface area contributed by atoms with Crippen molar-refractivity contribution in [1.82, 2.24) is 0 Å². The van der Waals surface area contributed by atoms with Crippen LogP contribution in [0.1, 0.15) is 20.7 Å². The molecule has 0 atom stereocenters. The molecule has 4 N–H and O–H groups in total. The van der Waals surface area contributed by atoms with Crippen LogP contribution in [0.15, 0.2) is 52.3 Å². The van der Waals surface area contributed by atoms with Crippen molar-refractivity contribution in [1.29, 1.82) is 0 Å². The number of aliphatic hydroxyl groups is 1. The normalized spacial score (nSPS) is 10.3. The molecule has 2 aromatic rings. The Morgan fingerprint density at radius 1 is 1.00 bits per heavy atom. The van der Waals surface area contributed by atoms with Crippen LogP contribution >= 0.6 is 11.8 Å². The summed E-state index contributed by atoms with van der Waals surface area (Å²) in [5.74, 6) is -2.21. The lowest BCUT2D eigenvalue weighted by Gasteiger charge is -2.09. The molecule has 23 heavy (non-hydrogen) atoms. The van der Waals surface area contributed by atoms with Gasteiger partial charge in [0, 0.05) is 22.0 Å². The first-order chi connectivity index (χ1) is 11.0. The summed E-state index contributed by atoms with van der Waals surface area (Å²) in [6, 6.07) is 11.1. The van der Waals surface area contributed by atoms with E-state index < -0.39 is 11.9 Å². The van der Waals surface area contributed by atoms with E-state index in [9.17, 15) is 14.7 Å². The number of rotatable bonds is 7. The molecule has 0 aromatic heterocycles. The Balaban J connectivity index is 2.25. The van der Waals surface area contributed by atoms with Crippen LogP contribution < -0.4 is 5.32 Å². The second-order valence-corrected chi connectivity index (χ2v) is 5.71. The summed E-state index contributed by atoms with van der Waals surface area (Å²) < 4.78 is 0. The molecule has 0 aliphatic heterocycles. The van der Waals surface area contributed by atoms with Gasteiger partial charge in [-0.05, 0) is 42.5 Å². The maximum Gasteiger partial charge on any atom is 0.336 e. The van der Waals surface area contributed by atoms with Gasteiger partial charge in [0.05, 0.1) is 17.7 Å². The topological polar surface area (TPSA) is 107 Å². The number of carboxylic acids is 2. The van der Waals surface area contributed by atoms with Crippen LogP contribution in [0.5, 0.6) is 0 Å². The fourth-order valence-electron chi connectivity index (χ4n) is 1.88. The van der Waals surface area contributed by atoms with Crippen molar-refractivity contribution in [2.24, 2.45) is 0 Å². The zero-order chi connectivity index (χ0) is 16.8. The van der Waals surface area contributed by atoms with Gasteiger partial charge in [-0.1, -0.05) is 11.8 Å². The summed E-state index contributed by atoms with van der Waals surface area (Å²) in [4.78, 5) is 23.5. The number of benzene rings is 2. The number of carboxylic acid groups (broad SMARTS) is 2. The van der Waals surface area contributed by atoms with Crippen LogP contribution in [0.25, 0.3) is 0 Å². The molecule has 0 bridgehead atoms. The fourth-order valence-corrected chi connectivity index (χ4v) is 2.86. The van der Waals surface area contributed by atoms with Crippen LogP contribution in [0.2, 0.25) is 0 Å². The van der Waals surface area contributed by atoms with Crippen molar-refractivity contribution in [2.45, 2.75) is 9.79 Å². The lowest BCUT2D eigenvalue weighted by atomic mass is 10.1. The summed E-state index contributed by atoms with van der Waals surface area (Å²) >= 11 is 1.19. The zero-order valence-corrected chi connectivity index (χ0v) is 12.8. The lowest BCUT2D eigenvalue weighted by molar-refractivity contribution is 0.0678. The number of anilines is 1. The first-order valence-corrected chi connectivity index (χ1v) is 7.56. The van der Waals surface area contributed by atoms with Crippen LogP contribution in [0.3, 0.4) is 0 Å². The molecule has 0 heterocycles. The molecule has 0 amide bonds. The second-order valence-electron chi connectivity index (χ2n) is 4.60. The van der Waals surface area contributed by atoms with Gasteiger partial charge in [0.2, 0.25) is 0 Å². The van der Waals surface area contributed by atoms with Crippen LogP contribution in [-0.4, -0.2) is 40.4 Å². The Morgan fingerprint density at radius 3 is 2.26 bits per heavy atom. The van der Waals surface area contributed by atoms with Crippen molar-refractivity contribution in [2.75, 3.05) is 18.5 Å². The van der Waals surface area contributed by atoms with Gasteiger partial charge in [0.1, 0.15) is 0 Å². The quantitative estimate of drug-likeness (QED) is 0.617. The molecule has 0 saturated carbocycles. The first-order valence-electron chi connectivity index (χ1n) is 6.74. The number of nitrogens with one attached hydrogen (secondary N) is 1. The maximum atomic E-state index is 11.3. The minimum absolute atomic E-state index is 0.0282. The summed E-state index contributed by atoms with van der Waals surface area (Å²) in [5.41, 5.74) is 0.933. The minimum atomic E-state index is -1.11. The van der Waals surface area contributed by atoms with E-state index in [1.54, 1.807) is 24.3 Å². The Kier molecular flexibility index (Phi) is 5.61. The van der Waals surface area contributed by atoms with Gasteiger partial charge in [-0.3, -0.25) is 0 Å². The standard InChI is InChI=1S/C16H15NO5S/c18-8-7-17-11-2-4-12(5-3-11)23-14-9-10(15(19)20)1-6-13(14)16(21)22/h1-6,9,17-18H,7-8H2,(H,19,20)(H,21,22). The average Bonchev–Trinajstić information content (AvgIpc) is 2.54. The Bertz CT molecular complexity index is 715. The maximum absolute atomic E-state index is 11.3. The molecule has 0 saturated heterocycles. The lowest BCUT2D eigenvalue weighted by Crippen LogP contribution is -2.05. The average molecular weight is 333 g/mol. The van der Waals surface area contributed by atoms with Crippen LogP contribution in [0, 0.1) is 0 Å². The minimum Gasteiger partial charge on any atom is -0.478 e. The van der Waals surface area contributed by atoms with Crippen LogP contribution in [-0.2, 0) is 0 Å². The molecule has 2 aromatic carbocycles. The third kappa shape index (κ3) is 4.48. The highest BCUT2D eigenvalue weighted by Gasteiger charge is 2.14. The van der Waals surface area contributed by atoms with Crippen molar-refractivity contribution in [3.8, 4) is 0 Å². The van der Waals surface area contributed by atoms with E-state index in [1.807, 2.05) is 0 Å². The highest BCUT2D eigenvalue weighted by molar-refractivity contribution is 7.99. The van der Waals surface area contributed by atoms with Gasteiger partial charge in [-0.25, -0.2) is 9.59 Å². The molecule has 2 rings (SSSR count). The van der Waals surface area contributed by atoms with Gasteiger partial charge in [-0.15, -0.1) is 0 Å². The molecule has 7 heteroatoms. The molecule has 0 fully saturated rings.